The second kappa shape index (κ2) is 13.7. The standard InChI is InChI=1S/C26H25F3O7/c1-18(2)24(31)35-17-16-34-23(30)13-6-19-4-9-22(10-5-19)36-25(32)20-7-11-21(12-8-20)33-15-3-14-26(27,28)29/h4-13H,1,3,14-17H2,2H3/b13-6+. The molecule has 0 fully saturated rings. The Labute approximate surface area is 206 Å². The second-order valence-corrected chi connectivity index (χ2v) is 7.47. The number of esters is 3. The van der Waals surface area contributed by atoms with E-state index < -0.39 is 30.5 Å². The maximum absolute atomic E-state index is 12.3. The third-order valence-corrected chi connectivity index (χ3v) is 4.38. The van der Waals surface area contributed by atoms with Crippen LogP contribution in [0.2, 0.25) is 0 Å². The Kier molecular flexibility index (Phi) is 10.7. The highest BCUT2D eigenvalue weighted by molar-refractivity contribution is 5.91. The van der Waals surface area contributed by atoms with E-state index in [1.165, 1.54) is 55.5 Å². The van der Waals surface area contributed by atoms with Gasteiger partial charge in [-0.1, -0.05) is 18.7 Å². The Morgan fingerprint density at radius 3 is 2.11 bits per heavy atom. The molecule has 10 heteroatoms. The van der Waals surface area contributed by atoms with E-state index >= 15 is 0 Å². The van der Waals surface area contributed by atoms with Crippen molar-refractivity contribution in [2.75, 3.05) is 19.8 Å². The van der Waals surface area contributed by atoms with Gasteiger partial charge in [0, 0.05) is 18.1 Å². The molecule has 0 aliphatic rings. The van der Waals surface area contributed by atoms with Gasteiger partial charge < -0.3 is 18.9 Å². The predicted molar refractivity (Wildman–Crippen MR) is 124 cm³/mol. The summed E-state index contributed by atoms with van der Waals surface area (Å²) in [6.07, 6.45) is -2.60. The first-order chi connectivity index (χ1) is 17.0. The van der Waals surface area contributed by atoms with Crippen molar-refractivity contribution >= 4 is 24.0 Å². The summed E-state index contributed by atoms with van der Waals surface area (Å²) in [6, 6.07) is 12.2. The van der Waals surface area contributed by atoms with Gasteiger partial charge in [-0.3, -0.25) is 0 Å². The molecule has 7 nitrogen and oxygen atoms in total. The van der Waals surface area contributed by atoms with Gasteiger partial charge in [-0.2, -0.15) is 13.2 Å². The lowest BCUT2D eigenvalue weighted by atomic mass is 10.2. The minimum atomic E-state index is -4.22. The normalized spacial score (nSPS) is 11.1. The number of alkyl halides is 3. The quantitative estimate of drug-likeness (QED) is 0.167. The van der Waals surface area contributed by atoms with Crippen molar-refractivity contribution in [3.05, 3.63) is 77.9 Å². The van der Waals surface area contributed by atoms with Crippen LogP contribution < -0.4 is 9.47 Å². The third-order valence-electron chi connectivity index (χ3n) is 4.38. The molecule has 2 aromatic carbocycles. The summed E-state index contributed by atoms with van der Waals surface area (Å²) >= 11 is 0. The van der Waals surface area contributed by atoms with Gasteiger partial charge in [-0.15, -0.1) is 0 Å². The van der Waals surface area contributed by atoms with Gasteiger partial charge in [0.1, 0.15) is 24.7 Å². The average molecular weight is 506 g/mol. The number of carbonyl (C=O) groups excluding carboxylic acids is 3. The molecular formula is C26H25F3O7. The average Bonchev–Trinajstić information content (AvgIpc) is 2.83. The molecule has 0 saturated carbocycles. The highest BCUT2D eigenvalue weighted by Gasteiger charge is 2.26. The summed E-state index contributed by atoms with van der Waals surface area (Å²) in [6.45, 7) is 4.68. The van der Waals surface area contributed by atoms with E-state index in [1.54, 1.807) is 12.1 Å². The van der Waals surface area contributed by atoms with E-state index in [9.17, 15) is 27.6 Å². The number of benzene rings is 2. The third kappa shape index (κ3) is 10.9. The van der Waals surface area contributed by atoms with Gasteiger partial charge in [-0.05, 0) is 61.4 Å². The summed E-state index contributed by atoms with van der Waals surface area (Å²) < 4.78 is 56.7. The largest absolute Gasteiger partial charge is 0.494 e. The maximum atomic E-state index is 12.3. The maximum Gasteiger partial charge on any atom is 0.389 e. The Balaban J connectivity index is 1.76. The first-order valence-electron chi connectivity index (χ1n) is 10.8. The molecule has 0 aliphatic heterocycles. The van der Waals surface area contributed by atoms with Crippen molar-refractivity contribution in [1.29, 1.82) is 0 Å². The number of ether oxygens (including phenoxy) is 4. The number of hydrogen-bond acceptors (Lipinski definition) is 7. The SMILES string of the molecule is C=C(C)C(=O)OCCOC(=O)/C=C/c1ccc(OC(=O)c2ccc(OCCCC(F)(F)F)cc2)cc1. The van der Waals surface area contributed by atoms with Gasteiger partial charge in [-0.25, -0.2) is 14.4 Å². The first-order valence-corrected chi connectivity index (χ1v) is 10.8. The van der Waals surface area contributed by atoms with Crippen LogP contribution in [-0.4, -0.2) is 43.9 Å². The Bertz CT molecular complexity index is 1070. The van der Waals surface area contributed by atoms with Crippen LogP contribution in [0.1, 0.15) is 35.7 Å². The lowest BCUT2D eigenvalue weighted by Gasteiger charge is -2.09. The van der Waals surface area contributed by atoms with Gasteiger partial charge in [0.25, 0.3) is 0 Å². The highest BCUT2D eigenvalue weighted by atomic mass is 19.4. The molecule has 36 heavy (non-hydrogen) atoms. The monoisotopic (exact) mass is 506 g/mol. The van der Waals surface area contributed by atoms with Crippen LogP contribution in [0.4, 0.5) is 13.2 Å². The fraction of sp³-hybridized carbons (Fsp3) is 0.269. The molecular weight excluding hydrogens is 481 g/mol. The van der Waals surface area contributed by atoms with Crippen LogP contribution in [0.3, 0.4) is 0 Å². The molecule has 0 atom stereocenters. The summed E-state index contributed by atoms with van der Waals surface area (Å²) in [5.74, 6) is -1.20. The van der Waals surface area contributed by atoms with E-state index in [2.05, 4.69) is 6.58 Å². The summed E-state index contributed by atoms with van der Waals surface area (Å²) in [4.78, 5) is 35.2. The smallest absolute Gasteiger partial charge is 0.389 e. The van der Waals surface area contributed by atoms with Gasteiger partial charge in [0.05, 0.1) is 12.2 Å². The van der Waals surface area contributed by atoms with Crippen LogP contribution in [0, 0.1) is 0 Å². The Morgan fingerprint density at radius 2 is 1.50 bits per heavy atom. The molecule has 0 radical (unpaired) electrons. The van der Waals surface area contributed by atoms with Crippen molar-refractivity contribution in [3.8, 4) is 11.5 Å². The van der Waals surface area contributed by atoms with Crippen molar-refractivity contribution in [2.24, 2.45) is 0 Å². The fourth-order valence-corrected chi connectivity index (χ4v) is 2.58. The van der Waals surface area contributed by atoms with Crippen molar-refractivity contribution in [3.63, 3.8) is 0 Å². The first kappa shape index (κ1) is 28.2. The Morgan fingerprint density at radius 1 is 0.889 bits per heavy atom. The second-order valence-electron chi connectivity index (χ2n) is 7.47. The van der Waals surface area contributed by atoms with E-state index in [-0.39, 0.29) is 43.1 Å². The van der Waals surface area contributed by atoms with Crippen LogP contribution >= 0.6 is 0 Å². The number of carbonyl (C=O) groups is 3. The van der Waals surface area contributed by atoms with Gasteiger partial charge in [0.15, 0.2) is 0 Å². The van der Waals surface area contributed by atoms with Crippen molar-refractivity contribution in [2.45, 2.75) is 25.9 Å². The molecule has 0 N–H and O–H groups in total. The molecule has 2 aromatic rings. The highest BCUT2D eigenvalue weighted by Crippen LogP contribution is 2.22. The molecule has 0 amide bonds. The van der Waals surface area contributed by atoms with Crippen LogP contribution in [0.5, 0.6) is 11.5 Å². The van der Waals surface area contributed by atoms with Gasteiger partial charge in [0.2, 0.25) is 0 Å². The lowest BCUT2D eigenvalue weighted by molar-refractivity contribution is -0.146. The molecule has 0 unspecified atom stereocenters. The van der Waals surface area contributed by atoms with E-state index in [4.69, 9.17) is 18.9 Å². The topological polar surface area (TPSA) is 88.1 Å². The van der Waals surface area contributed by atoms with E-state index in [0.29, 0.717) is 11.3 Å². The molecule has 192 valence electrons. The minimum Gasteiger partial charge on any atom is -0.494 e. The number of halogens is 3. The number of hydrogen-bond donors (Lipinski definition) is 0. The molecule has 0 saturated heterocycles. The summed E-state index contributed by atoms with van der Waals surface area (Å²) in [7, 11) is 0. The van der Waals surface area contributed by atoms with Crippen LogP contribution in [0.25, 0.3) is 6.08 Å². The molecule has 2 rings (SSSR count). The fourth-order valence-electron chi connectivity index (χ4n) is 2.58. The molecule has 0 bridgehead atoms. The Hall–Kier alpha value is -4.08. The minimum absolute atomic E-state index is 0.0803. The molecule has 0 aromatic heterocycles. The van der Waals surface area contributed by atoms with Gasteiger partial charge >= 0.3 is 24.1 Å². The predicted octanol–water partition coefficient (Wildman–Crippen LogP) is 5.30. The van der Waals surface area contributed by atoms with E-state index in [1.807, 2.05) is 0 Å². The zero-order chi connectivity index (χ0) is 26.6. The molecule has 0 spiro atoms. The molecule has 0 heterocycles. The van der Waals surface area contributed by atoms with Crippen molar-refractivity contribution in [1.82, 2.24) is 0 Å². The van der Waals surface area contributed by atoms with Crippen LogP contribution in [0.15, 0.2) is 66.8 Å². The summed E-state index contributed by atoms with van der Waals surface area (Å²) in [5, 5.41) is 0. The zero-order valence-corrected chi connectivity index (χ0v) is 19.5. The zero-order valence-electron chi connectivity index (χ0n) is 19.5. The lowest BCUT2D eigenvalue weighted by Crippen LogP contribution is -2.12. The van der Waals surface area contributed by atoms with Crippen molar-refractivity contribution < 1.29 is 46.5 Å². The summed E-state index contributed by atoms with van der Waals surface area (Å²) in [5.41, 5.74) is 1.13. The number of rotatable bonds is 12. The van der Waals surface area contributed by atoms with Crippen LogP contribution in [-0.2, 0) is 19.1 Å². The van der Waals surface area contributed by atoms with E-state index in [0.717, 1.165) is 0 Å². The molecule has 0 aliphatic carbocycles.